The maximum absolute atomic E-state index is 13.4. The fourth-order valence-corrected chi connectivity index (χ4v) is 4.30. The van der Waals surface area contributed by atoms with Gasteiger partial charge in [0.25, 0.3) is 11.8 Å². The SMILES string of the molecule is Cc1cc(OCCn2cc(/C=C3/C(=O)NC(=O)N(c4ccc(F)cc4)C3=O)c3ccccc32)ccc1Cl. The van der Waals surface area contributed by atoms with Crippen molar-refractivity contribution in [1.29, 1.82) is 0 Å². The Bertz CT molecular complexity index is 1580. The standard InChI is InChI=1S/C28H21ClFN3O4/c1-17-14-21(10-11-24(17)29)37-13-12-32-16-18(22-4-2-3-5-25(22)32)15-23-26(34)31-28(36)33(27(23)35)20-8-6-19(30)7-9-20/h2-11,14-16H,12-13H2,1H3,(H,31,34,36)/b23-15-. The molecule has 2 heterocycles. The van der Waals surface area contributed by atoms with Crippen molar-refractivity contribution in [3.8, 4) is 5.75 Å². The van der Waals surface area contributed by atoms with Crippen molar-refractivity contribution in [3.63, 3.8) is 0 Å². The fraction of sp³-hybridized carbons (Fsp3) is 0.107. The van der Waals surface area contributed by atoms with Crippen LogP contribution in [0.3, 0.4) is 0 Å². The molecule has 186 valence electrons. The molecular weight excluding hydrogens is 497 g/mol. The molecule has 1 aliphatic rings. The van der Waals surface area contributed by atoms with Gasteiger partial charge in [-0.1, -0.05) is 29.8 Å². The van der Waals surface area contributed by atoms with E-state index in [4.69, 9.17) is 16.3 Å². The zero-order valence-electron chi connectivity index (χ0n) is 19.7. The van der Waals surface area contributed by atoms with Gasteiger partial charge in [0.15, 0.2) is 0 Å². The van der Waals surface area contributed by atoms with E-state index in [9.17, 15) is 18.8 Å². The number of nitrogens with one attached hydrogen (secondary N) is 1. The van der Waals surface area contributed by atoms with Crippen LogP contribution in [-0.2, 0) is 16.1 Å². The second-order valence-electron chi connectivity index (χ2n) is 8.49. The first kappa shape index (κ1) is 24.3. The van der Waals surface area contributed by atoms with Crippen molar-refractivity contribution in [2.45, 2.75) is 13.5 Å². The minimum absolute atomic E-state index is 0.152. The molecule has 0 spiro atoms. The lowest BCUT2D eigenvalue weighted by Crippen LogP contribution is -2.54. The number of carbonyl (C=O) groups is 3. The number of rotatable bonds is 6. The van der Waals surface area contributed by atoms with E-state index in [0.29, 0.717) is 29.5 Å². The molecule has 9 heteroatoms. The van der Waals surface area contributed by atoms with Gasteiger partial charge < -0.3 is 9.30 Å². The van der Waals surface area contributed by atoms with Gasteiger partial charge in [-0.05, 0) is 67.1 Å². The molecule has 5 rings (SSSR count). The lowest BCUT2D eigenvalue weighted by atomic mass is 10.1. The number of aromatic nitrogens is 1. The van der Waals surface area contributed by atoms with Crippen LogP contribution in [0.2, 0.25) is 5.02 Å². The number of para-hydroxylation sites is 1. The Kier molecular flexibility index (Phi) is 6.50. The van der Waals surface area contributed by atoms with E-state index < -0.39 is 23.7 Å². The molecule has 4 amide bonds. The first-order valence-corrected chi connectivity index (χ1v) is 11.8. The monoisotopic (exact) mass is 517 g/mol. The number of nitrogens with zero attached hydrogens (tertiary/aromatic N) is 2. The van der Waals surface area contributed by atoms with Crippen molar-refractivity contribution in [2.75, 3.05) is 11.5 Å². The number of urea groups is 1. The predicted molar refractivity (Wildman–Crippen MR) is 139 cm³/mol. The number of halogens is 2. The first-order chi connectivity index (χ1) is 17.8. The summed E-state index contributed by atoms with van der Waals surface area (Å²) in [5.41, 5.74) is 2.38. The zero-order chi connectivity index (χ0) is 26.1. The van der Waals surface area contributed by atoms with Crippen LogP contribution < -0.4 is 15.0 Å². The second-order valence-corrected chi connectivity index (χ2v) is 8.90. The lowest BCUT2D eigenvalue weighted by molar-refractivity contribution is -0.122. The molecule has 0 bridgehead atoms. The topological polar surface area (TPSA) is 80.6 Å². The molecular formula is C28H21ClFN3O4. The number of benzene rings is 3. The quantitative estimate of drug-likeness (QED) is 0.271. The zero-order valence-corrected chi connectivity index (χ0v) is 20.5. The van der Waals surface area contributed by atoms with Gasteiger partial charge in [0.2, 0.25) is 0 Å². The van der Waals surface area contributed by atoms with Gasteiger partial charge in [0.1, 0.15) is 23.7 Å². The van der Waals surface area contributed by atoms with Crippen LogP contribution in [0.4, 0.5) is 14.9 Å². The van der Waals surface area contributed by atoms with E-state index in [-0.39, 0.29) is 11.3 Å². The molecule has 1 aromatic heterocycles. The summed E-state index contributed by atoms with van der Waals surface area (Å²) in [6.07, 6.45) is 3.29. The third-order valence-corrected chi connectivity index (χ3v) is 6.46. The minimum atomic E-state index is -0.893. The summed E-state index contributed by atoms with van der Waals surface area (Å²) in [7, 11) is 0. The van der Waals surface area contributed by atoms with Crippen LogP contribution in [0.1, 0.15) is 11.1 Å². The molecule has 0 aliphatic carbocycles. The van der Waals surface area contributed by atoms with Gasteiger partial charge in [0, 0.05) is 27.7 Å². The van der Waals surface area contributed by atoms with E-state index in [1.165, 1.54) is 18.2 Å². The van der Waals surface area contributed by atoms with Crippen LogP contribution in [0, 0.1) is 12.7 Å². The fourth-order valence-electron chi connectivity index (χ4n) is 4.18. The molecule has 1 fully saturated rings. The number of fused-ring (bicyclic) bond motifs is 1. The van der Waals surface area contributed by atoms with E-state index in [2.05, 4.69) is 5.32 Å². The van der Waals surface area contributed by atoms with Gasteiger partial charge in [-0.2, -0.15) is 0 Å². The van der Waals surface area contributed by atoms with Crippen LogP contribution in [0.25, 0.3) is 17.0 Å². The Labute approximate surface area is 216 Å². The smallest absolute Gasteiger partial charge is 0.335 e. The maximum atomic E-state index is 13.4. The number of hydrogen-bond acceptors (Lipinski definition) is 4. The van der Waals surface area contributed by atoms with E-state index >= 15 is 0 Å². The number of imide groups is 2. The number of barbiturate groups is 1. The Morgan fingerprint density at radius 3 is 2.54 bits per heavy atom. The van der Waals surface area contributed by atoms with Gasteiger partial charge >= 0.3 is 6.03 Å². The summed E-state index contributed by atoms with van der Waals surface area (Å²) in [5, 5.41) is 3.68. The molecule has 1 aliphatic heterocycles. The van der Waals surface area contributed by atoms with Gasteiger partial charge in [0.05, 0.1) is 12.2 Å². The van der Waals surface area contributed by atoms with Gasteiger partial charge in [-0.3, -0.25) is 14.9 Å². The van der Waals surface area contributed by atoms with E-state index in [1.54, 1.807) is 12.1 Å². The van der Waals surface area contributed by atoms with Crippen molar-refractivity contribution in [1.82, 2.24) is 9.88 Å². The molecule has 1 N–H and O–H groups in total. The molecule has 0 unspecified atom stereocenters. The third kappa shape index (κ3) is 4.83. The van der Waals surface area contributed by atoms with Crippen molar-refractivity contribution in [3.05, 3.63) is 100 Å². The summed E-state index contributed by atoms with van der Waals surface area (Å²) in [5.74, 6) is -1.40. The number of anilines is 1. The maximum Gasteiger partial charge on any atom is 0.335 e. The van der Waals surface area contributed by atoms with Gasteiger partial charge in [-0.25, -0.2) is 14.1 Å². The van der Waals surface area contributed by atoms with Crippen molar-refractivity contribution >= 4 is 52.1 Å². The highest BCUT2D eigenvalue weighted by Crippen LogP contribution is 2.27. The Balaban J connectivity index is 1.44. The molecule has 4 aromatic rings. The average molecular weight is 518 g/mol. The highest BCUT2D eigenvalue weighted by Gasteiger charge is 2.37. The Morgan fingerprint density at radius 2 is 1.78 bits per heavy atom. The first-order valence-electron chi connectivity index (χ1n) is 11.5. The predicted octanol–water partition coefficient (Wildman–Crippen LogP) is 5.49. The highest BCUT2D eigenvalue weighted by molar-refractivity contribution is 6.39. The molecule has 0 radical (unpaired) electrons. The molecule has 37 heavy (non-hydrogen) atoms. The summed E-state index contributed by atoms with van der Waals surface area (Å²) in [6.45, 7) is 2.79. The number of hydrogen-bond donors (Lipinski definition) is 1. The van der Waals surface area contributed by atoms with E-state index in [1.807, 2.05) is 48.0 Å². The summed E-state index contributed by atoms with van der Waals surface area (Å²) >= 11 is 6.08. The molecule has 0 atom stereocenters. The van der Waals surface area contributed by atoms with Crippen LogP contribution in [0.5, 0.6) is 5.75 Å². The van der Waals surface area contributed by atoms with E-state index in [0.717, 1.165) is 33.5 Å². The normalized spacial score (nSPS) is 14.9. The third-order valence-electron chi connectivity index (χ3n) is 6.04. The molecule has 0 saturated carbocycles. The van der Waals surface area contributed by atoms with Crippen LogP contribution in [0.15, 0.2) is 78.5 Å². The lowest BCUT2D eigenvalue weighted by Gasteiger charge is -2.26. The molecule has 7 nitrogen and oxygen atoms in total. The number of aryl methyl sites for hydroxylation is 1. The van der Waals surface area contributed by atoms with Crippen molar-refractivity contribution < 1.29 is 23.5 Å². The van der Waals surface area contributed by atoms with Crippen LogP contribution in [-0.4, -0.2) is 29.0 Å². The number of amides is 4. The molecule has 1 saturated heterocycles. The number of ether oxygens (including phenoxy) is 1. The van der Waals surface area contributed by atoms with Crippen LogP contribution >= 0.6 is 11.6 Å². The number of carbonyl (C=O) groups excluding carboxylic acids is 3. The second kappa shape index (κ2) is 9.91. The van der Waals surface area contributed by atoms with Gasteiger partial charge in [-0.15, -0.1) is 0 Å². The largest absolute Gasteiger partial charge is 0.492 e. The summed E-state index contributed by atoms with van der Waals surface area (Å²) in [6, 6.07) is 17.0. The van der Waals surface area contributed by atoms with Crippen molar-refractivity contribution in [2.24, 2.45) is 0 Å². The summed E-state index contributed by atoms with van der Waals surface area (Å²) < 4.78 is 21.2. The summed E-state index contributed by atoms with van der Waals surface area (Å²) in [4.78, 5) is 39.1. The highest BCUT2D eigenvalue weighted by atomic mass is 35.5. The average Bonchev–Trinajstić information content (AvgIpc) is 3.22. The minimum Gasteiger partial charge on any atom is -0.492 e. The Morgan fingerprint density at radius 1 is 1.03 bits per heavy atom. The molecule has 3 aromatic carbocycles. The Hall–Kier alpha value is -4.43.